The minimum Gasteiger partial charge on any atom is -0.466 e. The zero-order chi connectivity index (χ0) is 16.7. The summed E-state index contributed by atoms with van der Waals surface area (Å²) in [5, 5.41) is 3.28. The molecule has 5 nitrogen and oxygen atoms in total. The predicted molar refractivity (Wildman–Crippen MR) is 103 cm³/mol. The maximum Gasteiger partial charge on any atom is 0.309 e. The Morgan fingerprint density at radius 1 is 1.33 bits per heavy atom. The lowest BCUT2D eigenvalue weighted by molar-refractivity contribution is -0.149. The molecule has 24 heavy (non-hydrogen) atoms. The third kappa shape index (κ3) is 5.92. The number of nitrogens with zero attached hydrogens (tertiary/aromatic N) is 2. The van der Waals surface area contributed by atoms with Gasteiger partial charge in [0.15, 0.2) is 5.96 Å². The van der Waals surface area contributed by atoms with Crippen LogP contribution in [0.25, 0.3) is 0 Å². The van der Waals surface area contributed by atoms with E-state index in [-0.39, 0.29) is 41.7 Å². The topological polar surface area (TPSA) is 53.9 Å². The first-order valence-corrected chi connectivity index (χ1v) is 8.00. The highest BCUT2D eigenvalue weighted by Gasteiger charge is 2.27. The second-order valence-corrected chi connectivity index (χ2v) is 5.54. The van der Waals surface area contributed by atoms with E-state index in [9.17, 15) is 9.18 Å². The second-order valence-electron chi connectivity index (χ2n) is 5.54. The molecule has 1 aromatic rings. The van der Waals surface area contributed by atoms with Crippen molar-refractivity contribution in [1.82, 2.24) is 10.2 Å². The van der Waals surface area contributed by atoms with Crippen molar-refractivity contribution < 1.29 is 13.9 Å². The number of carbonyl (C=O) groups excluding carboxylic acids is 1. The summed E-state index contributed by atoms with van der Waals surface area (Å²) in [7, 11) is 1.74. The number of hydrogen-bond donors (Lipinski definition) is 1. The first-order valence-electron chi connectivity index (χ1n) is 8.00. The summed E-state index contributed by atoms with van der Waals surface area (Å²) in [6.07, 6.45) is 1.55. The van der Waals surface area contributed by atoms with Gasteiger partial charge in [-0.3, -0.25) is 9.79 Å². The highest BCUT2D eigenvalue weighted by Crippen LogP contribution is 2.18. The van der Waals surface area contributed by atoms with E-state index < -0.39 is 0 Å². The van der Waals surface area contributed by atoms with Crippen molar-refractivity contribution in [2.45, 2.75) is 26.3 Å². The summed E-state index contributed by atoms with van der Waals surface area (Å²) >= 11 is 0. The van der Waals surface area contributed by atoms with Crippen LogP contribution >= 0.6 is 24.0 Å². The molecule has 0 unspecified atom stereocenters. The smallest absolute Gasteiger partial charge is 0.309 e. The van der Waals surface area contributed by atoms with Gasteiger partial charge in [-0.25, -0.2) is 4.39 Å². The number of ether oxygens (including phenoxy) is 1. The zero-order valence-corrected chi connectivity index (χ0v) is 16.5. The number of halogens is 2. The standard InChI is InChI=1S/C17H24FN3O2.HI/c1-3-23-16(22)14-8-10-21(11-9-14)17(19-2)20-12-13-4-6-15(18)7-5-13;/h4-7,14H,3,8-12H2,1-2H3,(H,19,20);1H. The molecule has 0 aliphatic carbocycles. The molecule has 1 aliphatic rings. The normalized spacial score (nSPS) is 15.6. The van der Waals surface area contributed by atoms with Crippen LogP contribution in [0, 0.1) is 11.7 Å². The van der Waals surface area contributed by atoms with Crippen molar-refractivity contribution in [1.29, 1.82) is 0 Å². The molecule has 0 bridgehead atoms. The summed E-state index contributed by atoms with van der Waals surface area (Å²) in [4.78, 5) is 18.2. The van der Waals surface area contributed by atoms with Gasteiger partial charge in [-0.1, -0.05) is 12.1 Å². The Hall–Kier alpha value is -1.38. The van der Waals surface area contributed by atoms with Crippen molar-refractivity contribution in [2.24, 2.45) is 10.9 Å². The van der Waals surface area contributed by atoms with Crippen molar-refractivity contribution in [2.75, 3.05) is 26.7 Å². The van der Waals surface area contributed by atoms with E-state index in [0.717, 1.165) is 37.5 Å². The van der Waals surface area contributed by atoms with Crippen LogP contribution in [0.2, 0.25) is 0 Å². The number of piperidine rings is 1. The fraction of sp³-hybridized carbons (Fsp3) is 0.529. The molecule has 1 heterocycles. The maximum absolute atomic E-state index is 12.9. The van der Waals surface area contributed by atoms with Gasteiger partial charge < -0.3 is 15.0 Å². The first kappa shape index (κ1) is 20.7. The number of esters is 1. The molecule has 1 fully saturated rings. The van der Waals surface area contributed by atoms with Gasteiger partial charge in [-0.05, 0) is 37.5 Å². The molecule has 134 valence electrons. The van der Waals surface area contributed by atoms with Crippen LogP contribution < -0.4 is 5.32 Å². The number of carbonyl (C=O) groups is 1. The van der Waals surface area contributed by atoms with Gasteiger partial charge in [0.25, 0.3) is 0 Å². The minimum absolute atomic E-state index is 0. The Balaban J connectivity index is 0.00000288. The lowest BCUT2D eigenvalue weighted by Crippen LogP contribution is -2.46. The van der Waals surface area contributed by atoms with Gasteiger partial charge in [-0.2, -0.15) is 0 Å². The average Bonchev–Trinajstić information content (AvgIpc) is 2.58. The number of guanidine groups is 1. The van der Waals surface area contributed by atoms with Gasteiger partial charge >= 0.3 is 5.97 Å². The molecule has 0 amide bonds. The Labute approximate surface area is 159 Å². The van der Waals surface area contributed by atoms with Crippen molar-refractivity contribution in [3.8, 4) is 0 Å². The zero-order valence-electron chi connectivity index (χ0n) is 14.1. The fourth-order valence-electron chi connectivity index (χ4n) is 2.70. The highest BCUT2D eigenvalue weighted by molar-refractivity contribution is 14.0. The lowest BCUT2D eigenvalue weighted by atomic mass is 9.97. The number of nitrogens with one attached hydrogen (secondary N) is 1. The third-order valence-electron chi connectivity index (χ3n) is 3.99. The summed E-state index contributed by atoms with van der Waals surface area (Å²) in [5.41, 5.74) is 0.994. The van der Waals surface area contributed by atoms with Crippen LogP contribution in [0.5, 0.6) is 0 Å². The number of likely N-dealkylation sites (tertiary alicyclic amines) is 1. The van der Waals surface area contributed by atoms with Crippen molar-refractivity contribution >= 4 is 35.9 Å². The van der Waals surface area contributed by atoms with Gasteiger partial charge in [0.1, 0.15) is 5.82 Å². The summed E-state index contributed by atoms with van der Waals surface area (Å²) in [6, 6.07) is 6.40. The Bertz CT molecular complexity index is 543. The monoisotopic (exact) mass is 449 g/mol. The largest absolute Gasteiger partial charge is 0.466 e. The molecule has 2 rings (SSSR count). The quantitative estimate of drug-likeness (QED) is 0.333. The van der Waals surface area contributed by atoms with E-state index in [2.05, 4.69) is 15.2 Å². The summed E-state index contributed by atoms with van der Waals surface area (Å²) < 4.78 is 18.0. The van der Waals surface area contributed by atoms with Gasteiger partial charge in [-0.15, -0.1) is 24.0 Å². The molecule has 1 aromatic carbocycles. The molecule has 1 saturated heterocycles. The van der Waals surface area contributed by atoms with E-state index >= 15 is 0 Å². The van der Waals surface area contributed by atoms with Gasteiger partial charge in [0.05, 0.1) is 12.5 Å². The van der Waals surface area contributed by atoms with E-state index in [0.29, 0.717) is 13.2 Å². The van der Waals surface area contributed by atoms with Crippen LogP contribution in [0.3, 0.4) is 0 Å². The molecule has 0 aromatic heterocycles. The first-order chi connectivity index (χ1) is 11.1. The fourth-order valence-corrected chi connectivity index (χ4v) is 2.70. The Morgan fingerprint density at radius 3 is 2.50 bits per heavy atom. The predicted octanol–water partition coefficient (Wildman–Crippen LogP) is 2.79. The van der Waals surface area contributed by atoms with E-state index in [1.54, 1.807) is 19.2 Å². The molecular formula is C17H25FIN3O2. The summed E-state index contributed by atoms with van der Waals surface area (Å²) in [5.74, 6) is 0.457. The molecule has 0 atom stereocenters. The molecule has 1 N–H and O–H groups in total. The van der Waals surface area contributed by atoms with E-state index in [4.69, 9.17) is 4.74 Å². The minimum atomic E-state index is -0.237. The van der Waals surface area contributed by atoms with Gasteiger partial charge in [0.2, 0.25) is 0 Å². The molecule has 0 saturated carbocycles. The SMILES string of the molecule is CCOC(=O)C1CCN(C(=NC)NCc2ccc(F)cc2)CC1.I. The third-order valence-corrected chi connectivity index (χ3v) is 3.99. The highest BCUT2D eigenvalue weighted by atomic mass is 127. The number of aliphatic imine (C=N–C) groups is 1. The van der Waals surface area contributed by atoms with E-state index in [1.807, 2.05) is 6.92 Å². The Morgan fingerprint density at radius 2 is 1.96 bits per heavy atom. The second kappa shape index (κ2) is 10.5. The molecular weight excluding hydrogens is 424 g/mol. The number of benzene rings is 1. The molecule has 0 radical (unpaired) electrons. The lowest BCUT2D eigenvalue weighted by Gasteiger charge is -2.33. The van der Waals surface area contributed by atoms with Crippen molar-refractivity contribution in [3.05, 3.63) is 35.6 Å². The van der Waals surface area contributed by atoms with Crippen LogP contribution in [0.15, 0.2) is 29.3 Å². The van der Waals surface area contributed by atoms with E-state index in [1.165, 1.54) is 12.1 Å². The molecule has 7 heteroatoms. The number of hydrogen-bond acceptors (Lipinski definition) is 3. The Kier molecular flexibility index (Phi) is 9.02. The van der Waals surface area contributed by atoms with Gasteiger partial charge in [0, 0.05) is 26.7 Å². The molecule has 1 aliphatic heterocycles. The van der Waals surface area contributed by atoms with Crippen LogP contribution in [0.4, 0.5) is 4.39 Å². The number of rotatable bonds is 4. The maximum atomic E-state index is 12.9. The van der Waals surface area contributed by atoms with Crippen LogP contribution in [-0.2, 0) is 16.1 Å². The van der Waals surface area contributed by atoms with Crippen molar-refractivity contribution in [3.63, 3.8) is 0 Å². The summed E-state index contributed by atoms with van der Waals surface area (Å²) in [6.45, 7) is 4.39. The average molecular weight is 449 g/mol. The molecule has 0 spiro atoms. The van der Waals surface area contributed by atoms with Crippen LogP contribution in [0.1, 0.15) is 25.3 Å². The van der Waals surface area contributed by atoms with Crippen LogP contribution in [-0.4, -0.2) is 43.6 Å².